The smallest absolute Gasteiger partial charge is 0.338 e. The number of ether oxygens (including phenoxy) is 1. The number of anilines is 1. The van der Waals surface area contributed by atoms with Crippen molar-refractivity contribution in [3.8, 4) is 0 Å². The first kappa shape index (κ1) is 25.8. The molecule has 0 amide bonds. The van der Waals surface area contributed by atoms with Crippen LogP contribution in [0, 0.1) is 5.41 Å². The van der Waals surface area contributed by atoms with Crippen LogP contribution in [0.3, 0.4) is 0 Å². The van der Waals surface area contributed by atoms with Crippen LogP contribution in [0.4, 0.5) is 5.69 Å². The van der Waals surface area contributed by atoms with Crippen molar-refractivity contribution in [1.29, 1.82) is 0 Å². The van der Waals surface area contributed by atoms with Crippen LogP contribution in [0.1, 0.15) is 69.8 Å². The first-order valence-corrected chi connectivity index (χ1v) is 13.1. The van der Waals surface area contributed by atoms with Crippen LogP contribution < -0.4 is 4.90 Å². The molecule has 0 saturated carbocycles. The fraction of sp³-hybridized carbons (Fsp3) is 0.500. The maximum Gasteiger partial charge on any atom is 0.338 e. The second-order valence-electron chi connectivity index (χ2n) is 11.7. The molecular weight excluding hydrogens is 456 g/mol. The van der Waals surface area contributed by atoms with Crippen molar-refractivity contribution >= 4 is 28.8 Å². The van der Waals surface area contributed by atoms with Crippen molar-refractivity contribution < 1.29 is 9.53 Å². The van der Waals surface area contributed by atoms with Gasteiger partial charge in [-0.05, 0) is 86.9 Å². The predicted molar refractivity (Wildman–Crippen MR) is 146 cm³/mol. The van der Waals surface area contributed by atoms with Gasteiger partial charge in [0.2, 0.25) is 0 Å². The molecule has 0 atom stereocenters. The van der Waals surface area contributed by atoms with E-state index in [4.69, 9.17) is 16.3 Å². The number of nitrogens with zero attached hydrogens (tertiary/aromatic N) is 2. The third kappa shape index (κ3) is 6.89. The Morgan fingerprint density at radius 3 is 2.37 bits per heavy atom. The number of esters is 1. The molecule has 1 saturated heterocycles. The molecule has 0 unspecified atom stereocenters. The molecule has 5 heteroatoms. The zero-order valence-corrected chi connectivity index (χ0v) is 22.6. The molecule has 1 heterocycles. The van der Waals surface area contributed by atoms with Crippen LogP contribution >= 0.6 is 11.6 Å². The molecule has 1 aliphatic heterocycles. The van der Waals surface area contributed by atoms with Gasteiger partial charge in [-0.1, -0.05) is 49.2 Å². The summed E-state index contributed by atoms with van der Waals surface area (Å²) in [6, 6.07) is 16.2. The highest BCUT2D eigenvalue weighted by Crippen LogP contribution is 2.42. The highest BCUT2D eigenvalue weighted by atomic mass is 35.5. The summed E-state index contributed by atoms with van der Waals surface area (Å²) in [4.78, 5) is 17.5. The van der Waals surface area contributed by atoms with Crippen molar-refractivity contribution in [3.63, 3.8) is 0 Å². The molecule has 2 aromatic carbocycles. The Kier molecular flexibility index (Phi) is 7.63. The predicted octanol–water partition coefficient (Wildman–Crippen LogP) is 7.08. The summed E-state index contributed by atoms with van der Waals surface area (Å²) < 4.78 is 5.56. The minimum atomic E-state index is -0.494. The van der Waals surface area contributed by atoms with Crippen molar-refractivity contribution in [2.24, 2.45) is 5.41 Å². The van der Waals surface area contributed by atoms with E-state index in [2.05, 4.69) is 41.8 Å². The van der Waals surface area contributed by atoms with Gasteiger partial charge in [0.1, 0.15) is 5.60 Å². The molecule has 188 valence electrons. The third-order valence-electron chi connectivity index (χ3n) is 7.00. The second kappa shape index (κ2) is 10.4. The molecule has 0 radical (unpaired) electrons. The Balaban J connectivity index is 1.43. The van der Waals surface area contributed by atoms with E-state index in [0.717, 1.165) is 56.3 Å². The third-order valence-corrected chi connectivity index (χ3v) is 7.25. The number of hydrogen-bond acceptors (Lipinski definition) is 4. The number of carbonyl (C=O) groups excluding carboxylic acids is 1. The normalized spacial score (nSPS) is 19.1. The Labute approximate surface area is 215 Å². The van der Waals surface area contributed by atoms with E-state index in [9.17, 15) is 4.79 Å². The summed E-state index contributed by atoms with van der Waals surface area (Å²) in [5.74, 6) is -0.264. The van der Waals surface area contributed by atoms with Crippen molar-refractivity contribution in [2.75, 3.05) is 37.6 Å². The Morgan fingerprint density at radius 1 is 1.03 bits per heavy atom. The number of hydrogen-bond donors (Lipinski definition) is 0. The van der Waals surface area contributed by atoms with E-state index in [0.29, 0.717) is 11.0 Å². The summed E-state index contributed by atoms with van der Waals surface area (Å²) in [6.45, 7) is 15.4. The maximum atomic E-state index is 12.5. The quantitative estimate of drug-likeness (QED) is 0.416. The summed E-state index contributed by atoms with van der Waals surface area (Å²) >= 11 is 6.15. The number of benzene rings is 2. The van der Waals surface area contributed by atoms with E-state index in [1.54, 1.807) is 5.57 Å². The van der Waals surface area contributed by atoms with Crippen molar-refractivity contribution in [1.82, 2.24) is 4.90 Å². The Bertz CT molecular complexity index is 1070. The second-order valence-corrected chi connectivity index (χ2v) is 12.2. The van der Waals surface area contributed by atoms with Gasteiger partial charge in [0.25, 0.3) is 0 Å². The van der Waals surface area contributed by atoms with Crippen LogP contribution in [-0.4, -0.2) is 49.2 Å². The summed E-state index contributed by atoms with van der Waals surface area (Å²) in [5, 5.41) is 0.791. The molecule has 0 bridgehead atoms. The summed E-state index contributed by atoms with van der Waals surface area (Å²) in [5.41, 5.74) is 5.95. The Hall–Kier alpha value is -2.30. The largest absolute Gasteiger partial charge is 0.456 e. The Morgan fingerprint density at radius 2 is 1.71 bits per heavy atom. The minimum Gasteiger partial charge on any atom is -0.456 e. The van der Waals surface area contributed by atoms with Gasteiger partial charge in [0.15, 0.2) is 0 Å². The van der Waals surface area contributed by atoms with Gasteiger partial charge in [-0.15, -0.1) is 0 Å². The van der Waals surface area contributed by atoms with Gasteiger partial charge in [-0.3, -0.25) is 4.90 Å². The highest BCUT2D eigenvalue weighted by Gasteiger charge is 2.29. The zero-order valence-electron chi connectivity index (χ0n) is 21.9. The molecule has 1 aliphatic carbocycles. The fourth-order valence-electron chi connectivity index (χ4n) is 5.16. The van der Waals surface area contributed by atoms with Crippen molar-refractivity contribution in [3.05, 3.63) is 70.3 Å². The molecule has 0 N–H and O–H groups in total. The molecule has 2 aromatic rings. The number of piperazine rings is 1. The molecular formula is C30H39ClN2O2. The van der Waals surface area contributed by atoms with Crippen LogP contribution in [0.5, 0.6) is 0 Å². The van der Waals surface area contributed by atoms with Gasteiger partial charge < -0.3 is 9.64 Å². The first-order valence-electron chi connectivity index (χ1n) is 12.8. The van der Waals surface area contributed by atoms with E-state index in [1.165, 1.54) is 17.6 Å². The first-order chi connectivity index (χ1) is 16.5. The fourth-order valence-corrected chi connectivity index (χ4v) is 5.29. The summed E-state index contributed by atoms with van der Waals surface area (Å²) in [6.07, 6.45) is 3.49. The van der Waals surface area contributed by atoms with Gasteiger partial charge in [-0.2, -0.15) is 0 Å². The zero-order chi connectivity index (χ0) is 25.2. The van der Waals surface area contributed by atoms with E-state index in [-0.39, 0.29) is 5.97 Å². The minimum absolute atomic E-state index is 0.264. The topological polar surface area (TPSA) is 32.8 Å². The lowest BCUT2D eigenvalue weighted by Gasteiger charge is -2.39. The molecule has 2 aliphatic rings. The summed E-state index contributed by atoms with van der Waals surface area (Å²) in [7, 11) is 0. The van der Waals surface area contributed by atoms with E-state index >= 15 is 0 Å². The molecule has 0 spiro atoms. The average molecular weight is 495 g/mol. The molecule has 1 fully saturated rings. The number of carbonyl (C=O) groups is 1. The highest BCUT2D eigenvalue weighted by molar-refractivity contribution is 6.30. The molecule has 4 nitrogen and oxygen atoms in total. The standard InChI is InChI=1S/C30H39ClN2O2/c1-29(2,3)35-28(34)23-7-6-8-26(19-23)33-17-15-32(16-18-33)21-24-20-30(4,5)14-13-27(24)22-9-11-25(31)12-10-22/h6-12,19H,13-18,20-21H2,1-5H3. The van der Waals surface area contributed by atoms with Gasteiger partial charge in [0, 0.05) is 43.4 Å². The maximum absolute atomic E-state index is 12.5. The van der Waals surface area contributed by atoms with E-state index in [1.807, 2.05) is 51.1 Å². The lowest BCUT2D eigenvalue weighted by atomic mass is 9.73. The van der Waals surface area contributed by atoms with Crippen LogP contribution in [0.15, 0.2) is 54.1 Å². The molecule has 0 aromatic heterocycles. The van der Waals surface area contributed by atoms with Gasteiger partial charge in [0.05, 0.1) is 5.56 Å². The van der Waals surface area contributed by atoms with Crippen LogP contribution in [0.25, 0.3) is 5.57 Å². The average Bonchev–Trinajstić information content (AvgIpc) is 2.79. The monoisotopic (exact) mass is 494 g/mol. The molecule has 35 heavy (non-hydrogen) atoms. The molecule has 4 rings (SSSR count). The van der Waals surface area contributed by atoms with E-state index < -0.39 is 5.60 Å². The number of halogens is 1. The number of allylic oxidation sites excluding steroid dienone is 1. The lowest BCUT2D eigenvalue weighted by Crippen LogP contribution is -2.47. The van der Waals surface area contributed by atoms with Gasteiger partial charge in [-0.25, -0.2) is 4.79 Å². The SMILES string of the molecule is CC1(C)CCC(c2ccc(Cl)cc2)=C(CN2CCN(c3cccc(C(=O)OC(C)(C)C)c3)CC2)C1. The van der Waals surface area contributed by atoms with Crippen LogP contribution in [-0.2, 0) is 4.74 Å². The van der Waals surface area contributed by atoms with Crippen molar-refractivity contribution in [2.45, 2.75) is 59.5 Å². The number of rotatable bonds is 5. The lowest BCUT2D eigenvalue weighted by molar-refractivity contribution is 0.00695. The van der Waals surface area contributed by atoms with Crippen LogP contribution in [0.2, 0.25) is 5.02 Å². The van der Waals surface area contributed by atoms with Gasteiger partial charge >= 0.3 is 5.97 Å².